The Labute approximate surface area is 146 Å². The van der Waals surface area contributed by atoms with Gasteiger partial charge in [0.1, 0.15) is 5.75 Å². The molecule has 5 nitrogen and oxygen atoms in total. The van der Waals surface area contributed by atoms with Crippen molar-refractivity contribution in [2.45, 2.75) is 0 Å². The lowest BCUT2D eigenvalue weighted by Gasteiger charge is -2.26. The lowest BCUT2D eigenvalue weighted by Crippen LogP contribution is -2.26. The summed E-state index contributed by atoms with van der Waals surface area (Å²) in [6.45, 7) is 0. The molecule has 3 aromatic carbocycles. The van der Waals surface area contributed by atoms with E-state index in [2.05, 4.69) is 0 Å². The summed E-state index contributed by atoms with van der Waals surface area (Å²) in [5.74, 6) is 0.390. The van der Waals surface area contributed by atoms with Crippen LogP contribution < -0.4 is 25.9 Å². The molecule has 0 aliphatic rings. The average Bonchev–Trinajstić information content (AvgIpc) is 2.68. The summed E-state index contributed by atoms with van der Waals surface area (Å²) in [7, 11) is -1.82. The second kappa shape index (κ2) is 7.11. The molecule has 0 aromatic heterocycles. The Kier molecular flexibility index (Phi) is 4.91. The first-order chi connectivity index (χ1) is 12.1. The molecule has 0 saturated heterocycles. The zero-order valence-electron chi connectivity index (χ0n) is 13.6. The monoisotopic (exact) mass is 354 g/mol. The lowest BCUT2D eigenvalue weighted by molar-refractivity contribution is 0.296. The van der Waals surface area contributed by atoms with Gasteiger partial charge in [0, 0.05) is 10.6 Å². The molecule has 0 heterocycles. The van der Waals surface area contributed by atoms with E-state index in [0.29, 0.717) is 21.7 Å². The van der Waals surface area contributed by atoms with Gasteiger partial charge in [-0.3, -0.25) is 5.21 Å². The minimum atomic E-state index is -3.30. The van der Waals surface area contributed by atoms with Crippen LogP contribution in [0, 0.1) is 5.21 Å². The van der Waals surface area contributed by atoms with Gasteiger partial charge < -0.3 is 19.7 Å². The fraction of sp³-hybridized carbons (Fsp3) is 0.0526. The van der Waals surface area contributed by atoms with E-state index in [1.807, 2.05) is 36.4 Å². The van der Waals surface area contributed by atoms with E-state index in [0.717, 1.165) is 0 Å². The maximum absolute atomic E-state index is 14.3. The Bertz CT molecular complexity index is 854. The molecule has 128 valence electrons. The van der Waals surface area contributed by atoms with Gasteiger partial charge in [-0.1, -0.05) is 60.7 Å². The fourth-order valence-corrected chi connectivity index (χ4v) is 5.58. The van der Waals surface area contributed by atoms with Crippen LogP contribution in [0.25, 0.3) is 0 Å². The molecule has 0 aliphatic carbocycles. The van der Waals surface area contributed by atoms with Crippen LogP contribution in [-0.4, -0.2) is 12.3 Å². The average molecular weight is 354 g/mol. The van der Waals surface area contributed by atoms with Crippen LogP contribution in [0.5, 0.6) is 5.75 Å². The lowest BCUT2D eigenvalue weighted by atomic mass is 10.3. The molecular formula is C19H17NO4P-. The third-order valence-corrected chi connectivity index (χ3v) is 7.04. The maximum Gasteiger partial charge on any atom is 0.174 e. The molecule has 0 aliphatic heterocycles. The molecule has 3 aromatic rings. The van der Waals surface area contributed by atoms with E-state index < -0.39 is 7.14 Å². The molecule has 0 amide bonds. The van der Waals surface area contributed by atoms with E-state index in [1.54, 1.807) is 24.3 Å². The Hall–Kier alpha value is -2.59. The van der Waals surface area contributed by atoms with Crippen LogP contribution in [0.3, 0.4) is 0 Å². The van der Waals surface area contributed by atoms with Gasteiger partial charge in [-0.25, -0.2) is 0 Å². The van der Waals surface area contributed by atoms with Gasteiger partial charge in [-0.2, -0.15) is 0 Å². The zero-order valence-corrected chi connectivity index (χ0v) is 14.5. The van der Waals surface area contributed by atoms with E-state index in [-0.39, 0.29) is 10.9 Å². The minimum Gasteiger partial charge on any atom is -0.733 e. The Morgan fingerprint density at radius 2 is 1.44 bits per heavy atom. The molecule has 3 rings (SSSR count). The van der Waals surface area contributed by atoms with Crippen molar-refractivity contribution in [2.24, 2.45) is 0 Å². The Morgan fingerprint density at radius 3 is 1.88 bits per heavy atom. The van der Waals surface area contributed by atoms with Crippen molar-refractivity contribution >= 4 is 28.7 Å². The highest BCUT2D eigenvalue weighted by atomic mass is 31.2. The predicted octanol–water partition coefficient (Wildman–Crippen LogP) is 3.03. The molecule has 0 bridgehead atoms. The summed E-state index contributed by atoms with van der Waals surface area (Å²) in [6.07, 6.45) is 0. The number of hydrogen-bond acceptors (Lipinski definition) is 5. The van der Waals surface area contributed by atoms with Crippen LogP contribution in [0.4, 0.5) is 5.69 Å². The second-order valence-electron chi connectivity index (χ2n) is 5.41. The highest BCUT2D eigenvalue weighted by Crippen LogP contribution is 2.45. The number of methoxy groups -OCH3 is 1. The Balaban J connectivity index is 2.34. The summed E-state index contributed by atoms with van der Waals surface area (Å²) >= 11 is 0. The highest BCUT2D eigenvalue weighted by Gasteiger charge is 2.32. The van der Waals surface area contributed by atoms with Gasteiger partial charge >= 0.3 is 0 Å². The fourth-order valence-electron chi connectivity index (χ4n) is 2.75. The van der Waals surface area contributed by atoms with Crippen molar-refractivity contribution in [2.75, 3.05) is 12.3 Å². The van der Waals surface area contributed by atoms with Gasteiger partial charge in [-0.15, -0.1) is 0 Å². The van der Waals surface area contributed by atoms with Gasteiger partial charge in [0.05, 0.1) is 18.1 Å². The quantitative estimate of drug-likeness (QED) is 0.563. The van der Waals surface area contributed by atoms with Crippen LogP contribution in [-0.2, 0) is 4.57 Å². The number of hydrogen-bond donors (Lipinski definition) is 1. The molecule has 1 N–H and O–H groups in total. The summed E-state index contributed by atoms with van der Waals surface area (Å²) < 4.78 is 19.7. The topological polar surface area (TPSA) is 72.8 Å². The number of nitrogens with zero attached hydrogens (tertiary/aromatic N) is 1. The van der Waals surface area contributed by atoms with Crippen molar-refractivity contribution in [1.29, 1.82) is 0 Å². The number of ether oxygens (including phenoxy) is 1. The van der Waals surface area contributed by atoms with E-state index in [9.17, 15) is 15.0 Å². The number of rotatable bonds is 5. The van der Waals surface area contributed by atoms with Crippen LogP contribution in [0.2, 0.25) is 0 Å². The van der Waals surface area contributed by atoms with Crippen molar-refractivity contribution < 1.29 is 14.5 Å². The van der Waals surface area contributed by atoms with Crippen molar-refractivity contribution in [1.82, 2.24) is 0 Å². The first kappa shape index (κ1) is 17.2. The van der Waals surface area contributed by atoms with E-state index >= 15 is 0 Å². The molecular weight excluding hydrogens is 337 g/mol. The summed E-state index contributed by atoms with van der Waals surface area (Å²) in [5, 5.41) is 22.0. The van der Waals surface area contributed by atoms with Gasteiger partial charge in [0.25, 0.3) is 0 Å². The first-order valence-corrected chi connectivity index (χ1v) is 9.34. The van der Waals surface area contributed by atoms with E-state index in [4.69, 9.17) is 4.74 Å². The van der Waals surface area contributed by atoms with Crippen LogP contribution in [0.1, 0.15) is 0 Å². The first-order valence-electron chi connectivity index (χ1n) is 7.63. The zero-order chi connectivity index (χ0) is 17.9. The van der Waals surface area contributed by atoms with Gasteiger partial charge in [0.2, 0.25) is 0 Å². The summed E-state index contributed by atoms with van der Waals surface area (Å²) in [4.78, 5) is 0. The third kappa shape index (κ3) is 3.17. The molecule has 0 fully saturated rings. The van der Waals surface area contributed by atoms with Crippen molar-refractivity contribution in [3.8, 4) is 5.75 Å². The molecule has 25 heavy (non-hydrogen) atoms. The Morgan fingerprint density at radius 1 is 0.920 bits per heavy atom. The SMILES string of the molecule is COc1ccc(N([O-])O)cc1P(=O)(c1ccccc1)c1ccccc1. The van der Waals surface area contributed by atoms with E-state index in [1.165, 1.54) is 25.3 Å². The number of benzene rings is 3. The minimum absolute atomic E-state index is 0.0112. The molecule has 0 atom stereocenters. The van der Waals surface area contributed by atoms with Gasteiger partial charge in [-0.05, 0) is 18.2 Å². The molecule has 0 unspecified atom stereocenters. The van der Waals surface area contributed by atoms with Gasteiger partial charge in [0.15, 0.2) is 7.14 Å². The second-order valence-corrected chi connectivity index (χ2v) is 8.14. The van der Waals surface area contributed by atoms with Crippen molar-refractivity contribution in [3.63, 3.8) is 0 Å². The highest BCUT2D eigenvalue weighted by molar-refractivity contribution is 7.85. The van der Waals surface area contributed by atoms with Crippen LogP contribution >= 0.6 is 7.14 Å². The summed E-state index contributed by atoms with van der Waals surface area (Å²) in [6, 6.07) is 22.4. The normalized spacial score (nSPS) is 11.2. The molecule has 0 saturated carbocycles. The molecule has 0 spiro atoms. The number of anilines is 1. The van der Waals surface area contributed by atoms with Crippen molar-refractivity contribution in [3.05, 3.63) is 84.1 Å². The smallest absolute Gasteiger partial charge is 0.174 e. The predicted molar refractivity (Wildman–Crippen MR) is 100 cm³/mol. The molecule has 6 heteroatoms. The third-order valence-electron chi connectivity index (χ3n) is 3.96. The summed E-state index contributed by atoms with van der Waals surface area (Å²) in [5.41, 5.74) is -0.0112. The standard InChI is InChI=1S/C19H17NO4P/c1-24-18-13-12-15(20(21)22)14-19(18)25(23,16-8-4-2-5-9-16)17-10-6-3-7-11-17/h2-14,21H,1H3/q-1. The van der Waals surface area contributed by atoms with Crippen LogP contribution in [0.15, 0.2) is 78.9 Å². The largest absolute Gasteiger partial charge is 0.733 e. The molecule has 0 radical (unpaired) electrons. The maximum atomic E-state index is 14.3.